The minimum atomic E-state index is -0.476. The van der Waals surface area contributed by atoms with Crippen molar-refractivity contribution in [2.75, 3.05) is 13.2 Å². The molecule has 3 aromatic carbocycles. The third-order valence-electron chi connectivity index (χ3n) is 5.59. The van der Waals surface area contributed by atoms with Crippen molar-refractivity contribution >= 4 is 0 Å². The van der Waals surface area contributed by atoms with Gasteiger partial charge in [0.05, 0.1) is 33.0 Å². The lowest BCUT2D eigenvalue weighted by Gasteiger charge is -2.41. The van der Waals surface area contributed by atoms with Gasteiger partial charge in [0.25, 0.3) is 0 Å². The average molecular weight is 435 g/mol. The van der Waals surface area contributed by atoms with E-state index in [-0.39, 0.29) is 18.8 Å². The quantitative estimate of drug-likeness (QED) is 0.520. The molecule has 1 aliphatic rings. The van der Waals surface area contributed by atoms with Crippen molar-refractivity contribution in [2.45, 2.75) is 44.2 Å². The summed E-state index contributed by atoms with van der Waals surface area (Å²) in [5.41, 5.74) is 3.21. The monoisotopic (exact) mass is 434 g/mol. The van der Waals surface area contributed by atoms with Crippen molar-refractivity contribution in [2.24, 2.45) is 0 Å². The first-order chi connectivity index (χ1) is 15.8. The first-order valence-electron chi connectivity index (χ1n) is 11.0. The average Bonchev–Trinajstić information content (AvgIpc) is 2.87. The normalized spacial score (nSPS) is 23.2. The highest BCUT2D eigenvalue weighted by Gasteiger charge is 2.42. The minimum absolute atomic E-state index is 0.143. The van der Waals surface area contributed by atoms with Crippen LogP contribution in [0.15, 0.2) is 91.0 Å². The summed E-state index contributed by atoms with van der Waals surface area (Å²) < 4.78 is 24.8. The highest BCUT2D eigenvalue weighted by molar-refractivity contribution is 5.15. The van der Waals surface area contributed by atoms with Gasteiger partial charge in [0.2, 0.25) is 0 Å². The van der Waals surface area contributed by atoms with Gasteiger partial charge < -0.3 is 24.1 Å². The lowest BCUT2D eigenvalue weighted by atomic mass is 9.99. The van der Waals surface area contributed by atoms with Crippen LogP contribution in [0.4, 0.5) is 0 Å². The van der Waals surface area contributed by atoms with Crippen LogP contribution in [0, 0.1) is 0 Å². The Kier molecular flexibility index (Phi) is 8.42. The SMILES string of the molecule is OCC1OCC(OCc2ccccc2)C(OCc2ccccc2)[C@@H]1OCc1ccccc1. The highest BCUT2D eigenvalue weighted by atomic mass is 16.6. The van der Waals surface area contributed by atoms with Crippen molar-refractivity contribution in [1.82, 2.24) is 0 Å². The topological polar surface area (TPSA) is 57.2 Å². The summed E-state index contributed by atoms with van der Waals surface area (Å²) in [7, 11) is 0. The predicted octanol–water partition coefficient (Wildman–Crippen LogP) is 4.13. The minimum Gasteiger partial charge on any atom is -0.394 e. The largest absolute Gasteiger partial charge is 0.394 e. The molecule has 0 saturated carbocycles. The molecule has 3 unspecified atom stereocenters. The van der Waals surface area contributed by atoms with Gasteiger partial charge in [-0.3, -0.25) is 0 Å². The van der Waals surface area contributed by atoms with Gasteiger partial charge in [-0.1, -0.05) is 91.0 Å². The maximum absolute atomic E-state index is 9.95. The zero-order chi connectivity index (χ0) is 22.0. The number of hydrogen-bond acceptors (Lipinski definition) is 5. The first-order valence-corrected chi connectivity index (χ1v) is 11.0. The summed E-state index contributed by atoms with van der Waals surface area (Å²) in [6, 6.07) is 30.0. The smallest absolute Gasteiger partial charge is 0.115 e. The molecular formula is C27H30O5. The van der Waals surface area contributed by atoms with E-state index in [2.05, 4.69) is 0 Å². The van der Waals surface area contributed by atoms with E-state index in [4.69, 9.17) is 18.9 Å². The van der Waals surface area contributed by atoms with Crippen LogP contribution in [-0.4, -0.2) is 42.7 Å². The molecule has 1 saturated heterocycles. The van der Waals surface area contributed by atoms with Crippen molar-refractivity contribution in [3.05, 3.63) is 108 Å². The summed E-state index contributed by atoms with van der Waals surface area (Å²) in [6.45, 7) is 1.48. The van der Waals surface area contributed by atoms with Crippen LogP contribution in [0.25, 0.3) is 0 Å². The van der Waals surface area contributed by atoms with Crippen LogP contribution in [0.1, 0.15) is 16.7 Å². The van der Waals surface area contributed by atoms with Gasteiger partial charge in [0, 0.05) is 0 Å². The Hall–Kier alpha value is -2.54. The van der Waals surface area contributed by atoms with E-state index in [0.717, 1.165) is 16.7 Å². The molecule has 5 nitrogen and oxygen atoms in total. The van der Waals surface area contributed by atoms with E-state index in [1.807, 2.05) is 91.0 Å². The van der Waals surface area contributed by atoms with Crippen LogP contribution in [-0.2, 0) is 38.8 Å². The van der Waals surface area contributed by atoms with Gasteiger partial charge in [-0.05, 0) is 16.7 Å². The van der Waals surface area contributed by atoms with Gasteiger partial charge in [0.15, 0.2) is 0 Å². The van der Waals surface area contributed by atoms with Crippen LogP contribution < -0.4 is 0 Å². The third-order valence-corrected chi connectivity index (χ3v) is 5.59. The van der Waals surface area contributed by atoms with Gasteiger partial charge in [-0.25, -0.2) is 0 Å². The number of aliphatic hydroxyl groups is 1. The zero-order valence-corrected chi connectivity index (χ0v) is 18.1. The van der Waals surface area contributed by atoms with E-state index >= 15 is 0 Å². The Morgan fingerprint density at radius 2 is 1.06 bits per heavy atom. The molecule has 0 aliphatic carbocycles. The molecule has 0 spiro atoms. The fourth-order valence-electron chi connectivity index (χ4n) is 3.85. The van der Waals surface area contributed by atoms with E-state index in [1.54, 1.807) is 0 Å². The second kappa shape index (κ2) is 11.9. The number of rotatable bonds is 10. The zero-order valence-electron chi connectivity index (χ0n) is 18.1. The molecular weight excluding hydrogens is 404 g/mol. The Labute approximate surface area is 189 Å². The molecule has 4 atom stereocenters. The number of aliphatic hydroxyl groups excluding tert-OH is 1. The predicted molar refractivity (Wildman–Crippen MR) is 122 cm³/mol. The van der Waals surface area contributed by atoms with E-state index in [9.17, 15) is 5.11 Å². The molecule has 32 heavy (non-hydrogen) atoms. The summed E-state index contributed by atoms with van der Waals surface area (Å²) in [5.74, 6) is 0. The van der Waals surface area contributed by atoms with Gasteiger partial charge in [-0.2, -0.15) is 0 Å². The van der Waals surface area contributed by atoms with Crippen LogP contribution in [0.3, 0.4) is 0 Å². The van der Waals surface area contributed by atoms with Crippen molar-refractivity contribution < 1.29 is 24.1 Å². The molecule has 4 rings (SSSR count). The fourth-order valence-corrected chi connectivity index (χ4v) is 3.85. The third kappa shape index (κ3) is 6.25. The van der Waals surface area contributed by atoms with Crippen LogP contribution in [0.2, 0.25) is 0 Å². The lowest BCUT2D eigenvalue weighted by Crippen LogP contribution is -2.57. The van der Waals surface area contributed by atoms with E-state index < -0.39 is 12.2 Å². The molecule has 1 fully saturated rings. The lowest BCUT2D eigenvalue weighted by molar-refractivity contribution is -0.243. The van der Waals surface area contributed by atoms with Crippen molar-refractivity contribution in [3.63, 3.8) is 0 Å². The van der Waals surface area contributed by atoms with Crippen LogP contribution in [0.5, 0.6) is 0 Å². The van der Waals surface area contributed by atoms with E-state index in [0.29, 0.717) is 26.4 Å². The standard InChI is InChI=1S/C27H30O5/c28-16-24-26(31-18-22-12-6-2-7-13-22)27(32-19-23-14-8-3-9-15-23)25(20-30-24)29-17-21-10-4-1-5-11-21/h1-15,24-28H,16-20H2/t24?,25?,26-,27?/m1/s1. The molecule has 1 heterocycles. The highest BCUT2D eigenvalue weighted by Crippen LogP contribution is 2.26. The van der Waals surface area contributed by atoms with Gasteiger partial charge in [-0.15, -0.1) is 0 Å². The molecule has 1 N–H and O–H groups in total. The molecule has 0 aromatic heterocycles. The van der Waals surface area contributed by atoms with Crippen LogP contribution >= 0.6 is 0 Å². The Bertz CT molecular complexity index is 903. The maximum atomic E-state index is 9.95. The molecule has 168 valence electrons. The number of hydrogen-bond donors (Lipinski definition) is 1. The summed E-state index contributed by atoms with van der Waals surface area (Å²) >= 11 is 0. The Morgan fingerprint density at radius 1 is 0.625 bits per heavy atom. The second-order valence-electron chi connectivity index (χ2n) is 7.91. The first kappa shape index (κ1) is 22.6. The molecule has 0 bridgehead atoms. The van der Waals surface area contributed by atoms with Gasteiger partial charge >= 0.3 is 0 Å². The molecule has 5 heteroatoms. The molecule has 0 amide bonds. The summed E-state index contributed by atoms with van der Waals surface area (Å²) in [5, 5.41) is 9.95. The van der Waals surface area contributed by atoms with Crippen molar-refractivity contribution in [3.8, 4) is 0 Å². The van der Waals surface area contributed by atoms with Crippen molar-refractivity contribution in [1.29, 1.82) is 0 Å². The maximum Gasteiger partial charge on any atom is 0.115 e. The molecule has 0 radical (unpaired) electrons. The molecule has 3 aromatic rings. The number of ether oxygens (including phenoxy) is 4. The number of benzene rings is 3. The fraction of sp³-hybridized carbons (Fsp3) is 0.333. The Balaban J connectivity index is 1.49. The second-order valence-corrected chi connectivity index (χ2v) is 7.91. The Morgan fingerprint density at radius 3 is 1.53 bits per heavy atom. The molecule has 1 aliphatic heterocycles. The summed E-state index contributed by atoms with van der Waals surface area (Å²) in [6.07, 6.45) is -1.63. The summed E-state index contributed by atoms with van der Waals surface area (Å²) in [4.78, 5) is 0. The van der Waals surface area contributed by atoms with Gasteiger partial charge in [0.1, 0.15) is 24.4 Å². The van der Waals surface area contributed by atoms with E-state index in [1.165, 1.54) is 0 Å².